The number of aromatic nitrogens is 2. The van der Waals surface area contributed by atoms with Crippen LogP contribution in [0.2, 0.25) is 0 Å². The minimum absolute atomic E-state index is 0.0140. The van der Waals surface area contributed by atoms with Gasteiger partial charge in [0.05, 0.1) is 17.7 Å². The predicted molar refractivity (Wildman–Crippen MR) is 132 cm³/mol. The molecule has 0 bridgehead atoms. The molecular formula is C26H28N4O3S. The molecule has 0 radical (unpaired) electrons. The number of hydrogen-bond donors (Lipinski definition) is 1. The van der Waals surface area contributed by atoms with Crippen LogP contribution in [0.4, 0.5) is 4.79 Å². The summed E-state index contributed by atoms with van der Waals surface area (Å²) < 4.78 is 11.2. The van der Waals surface area contributed by atoms with Crippen molar-refractivity contribution in [3.05, 3.63) is 53.1 Å². The van der Waals surface area contributed by atoms with Crippen LogP contribution in [0, 0.1) is 11.3 Å². The lowest BCUT2D eigenvalue weighted by atomic mass is 10.0. The molecule has 1 atom stereocenters. The van der Waals surface area contributed by atoms with Crippen molar-refractivity contribution in [1.82, 2.24) is 15.5 Å². The molecule has 1 aromatic heterocycles. The van der Waals surface area contributed by atoms with Crippen LogP contribution in [0.3, 0.4) is 0 Å². The van der Waals surface area contributed by atoms with Crippen LogP contribution in [0.1, 0.15) is 63.8 Å². The first-order chi connectivity index (χ1) is 16.1. The number of rotatable bonds is 5. The van der Waals surface area contributed by atoms with E-state index in [0.717, 1.165) is 39.5 Å². The minimum Gasteiger partial charge on any atom is -0.490 e. The van der Waals surface area contributed by atoms with Crippen molar-refractivity contribution >= 4 is 17.4 Å². The number of ether oxygens (including phenoxy) is 2. The van der Waals surface area contributed by atoms with Gasteiger partial charge in [0.1, 0.15) is 27.4 Å². The Morgan fingerprint density at radius 2 is 1.97 bits per heavy atom. The molecule has 0 unspecified atom stereocenters. The van der Waals surface area contributed by atoms with E-state index >= 15 is 0 Å². The van der Waals surface area contributed by atoms with Crippen LogP contribution in [-0.2, 0) is 11.2 Å². The van der Waals surface area contributed by atoms with E-state index in [1.807, 2.05) is 65.0 Å². The number of carbonyl (C=O) groups excluding carboxylic acids is 1. The zero-order chi connectivity index (χ0) is 24.5. The highest BCUT2D eigenvalue weighted by atomic mass is 32.1. The van der Waals surface area contributed by atoms with Gasteiger partial charge < -0.3 is 14.8 Å². The third-order valence-electron chi connectivity index (χ3n) is 5.33. The van der Waals surface area contributed by atoms with E-state index in [1.165, 1.54) is 16.9 Å². The first kappa shape index (κ1) is 23.7. The predicted octanol–water partition coefficient (Wildman–Crippen LogP) is 6.04. The molecule has 1 heterocycles. The van der Waals surface area contributed by atoms with Gasteiger partial charge in [-0.15, -0.1) is 10.2 Å². The van der Waals surface area contributed by atoms with E-state index in [4.69, 9.17) is 9.47 Å². The van der Waals surface area contributed by atoms with E-state index in [-0.39, 0.29) is 12.1 Å². The van der Waals surface area contributed by atoms with Crippen molar-refractivity contribution < 1.29 is 14.3 Å². The molecule has 0 spiro atoms. The zero-order valence-corrected chi connectivity index (χ0v) is 20.8. The van der Waals surface area contributed by atoms with Crippen molar-refractivity contribution in [2.24, 2.45) is 0 Å². The standard InChI is InChI=1S/C26H28N4O3S/c1-15(2)32-22-12-9-16(13-17(22)14-27)23-29-30-24(34-23)20-8-6-7-19-18(20)10-11-21(19)28-25(31)33-26(3,4)5/h6-9,12-13,15,21H,10-11H2,1-5H3,(H,28,31)/t21-/m1/s1. The Labute approximate surface area is 203 Å². The first-order valence-electron chi connectivity index (χ1n) is 11.3. The average Bonchev–Trinajstić information content (AvgIpc) is 3.40. The minimum atomic E-state index is -0.541. The zero-order valence-electron chi connectivity index (χ0n) is 20.0. The van der Waals surface area contributed by atoms with Gasteiger partial charge in [-0.1, -0.05) is 29.5 Å². The summed E-state index contributed by atoms with van der Waals surface area (Å²) in [7, 11) is 0. The maximum atomic E-state index is 12.3. The van der Waals surface area contributed by atoms with Crippen molar-refractivity contribution in [1.29, 1.82) is 5.26 Å². The fraction of sp³-hybridized carbons (Fsp3) is 0.385. The number of nitrogens with one attached hydrogen (secondary N) is 1. The number of alkyl carbamates (subject to hydrolysis) is 1. The Bertz CT molecular complexity index is 1250. The maximum Gasteiger partial charge on any atom is 0.408 e. The summed E-state index contributed by atoms with van der Waals surface area (Å²) in [6.45, 7) is 9.41. The molecule has 34 heavy (non-hydrogen) atoms. The quantitative estimate of drug-likeness (QED) is 0.482. The Kier molecular flexibility index (Phi) is 6.58. The summed E-state index contributed by atoms with van der Waals surface area (Å²) in [5, 5.41) is 22.9. The Balaban J connectivity index is 1.58. The number of benzene rings is 2. The van der Waals surface area contributed by atoms with Crippen LogP contribution in [0.25, 0.3) is 21.1 Å². The number of nitriles is 1. The van der Waals surface area contributed by atoms with Crippen molar-refractivity contribution in [2.45, 2.75) is 65.2 Å². The summed E-state index contributed by atoms with van der Waals surface area (Å²) in [6.07, 6.45) is 1.22. The van der Waals surface area contributed by atoms with Crippen LogP contribution < -0.4 is 10.1 Å². The monoisotopic (exact) mass is 476 g/mol. The normalized spacial score (nSPS) is 15.0. The number of carbonyl (C=O) groups is 1. The van der Waals surface area contributed by atoms with Gasteiger partial charge in [-0.2, -0.15) is 5.26 Å². The molecule has 0 fully saturated rings. The van der Waals surface area contributed by atoms with E-state index in [2.05, 4.69) is 21.6 Å². The SMILES string of the molecule is CC(C)Oc1ccc(-c2nnc(-c3cccc4c3CC[C@H]4NC(=O)OC(C)(C)C)s2)cc1C#N. The van der Waals surface area contributed by atoms with Gasteiger partial charge in [-0.05, 0) is 76.8 Å². The number of fused-ring (bicyclic) bond motifs is 1. The topological polar surface area (TPSA) is 97.1 Å². The maximum absolute atomic E-state index is 12.3. The molecule has 7 nitrogen and oxygen atoms in total. The van der Waals surface area contributed by atoms with E-state index in [1.54, 1.807) is 6.07 Å². The molecule has 176 valence electrons. The fourth-order valence-electron chi connectivity index (χ4n) is 4.01. The number of amides is 1. The Morgan fingerprint density at radius 1 is 1.21 bits per heavy atom. The molecule has 1 N–H and O–H groups in total. The second-order valence-corrected chi connectivity index (χ2v) is 10.5. The lowest BCUT2D eigenvalue weighted by molar-refractivity contribution is 0.0503. The Hall–Kier alpha value is -3.44. The molecule has 1 aliphatic carbocycles. The van der Waals surface area contributed by atoms with Gasteiger partial charge in [0.15, 0.2) is 0 Å². The van der Waals surface area contributed by atoms with Crippen LogP contribution in [-0.4, -0.2) is 28.0 Å². The van der Waals surface area contributed by atoms with E-state index < -0.39 is 11.7 Å². The highest BCUT2D eigenvalue weighted by molar-refractivity contribution is 7.17. The summed E-state index contributed by atoms with van der Waals surface area (Å²) >= 11 is 1.48. The highest BCUT2D eigenvalue weighted by Crippen LogP contribution is 2.40. The van der Waals surface area contributed by atoms with Gasteiger partial charge in [-0.25, -0.2) is 4.79 Å². The Morgan fingerprint density at radius 3 is 2.68 bits per heavy atom. The lowest BCUT2D eigenvalue weighted by Gasteiger charge is -2.22. The highest BCUT2D eigenvalue weighted by Gasteiger charge is 2.29. The summed E-state index contributed by atoms with van der Waals surface area (Å²) in [5.41, 5.74) is 4.04. The van der Waals surface area contributed by atoms with Crippen LogP contribution in [0.5, 0.6) is 5.75 Å². The molecule has 1 amide bonds. The smallest absolute Gasteiger partial charge is 0.408 e. The largest absolute Gasteiger partial charge is 0.490 e. The molecule has 0 saturated heterocycles. The van der Waals surface area contributed by atoms with Crippen molar-refractivity contribution in [3.63, 3.8) is 0 Å². The fourth-order valence-corrected chi connectivity index (χ4v) is 4.90. The molecule has 0 saturated carbocycles. The van der Waals surface area contributed by atoms with E-state index in [0.29, 0.717) is 11.3 Å². The second-order valence-electron chi connectivity index (χ2n) is 9.51. The van der Waals surface area contributed by atoms with Crippen molar-refractivity contribution in [2.75, 3.05) is 0 Å². The van der Waals surface area contributed by atoms with Gasteiger partial charge in [0, 0.05) is 11.1 Å². The molecule has 4 rings (SSSR count). The lowest BCUT2D eigenvalue weighted by Crippen LogP contribution is -2.34. The molecule has 0 aliphatic heterocycles. The second kappa shape index (κ2) is 9.43. The summed E-state index contributed by atoms with van der Waals surface area (Å²) in [5.74, 6) is 0.565. The van der Waals surface area contributed by atoms with Gasteiger partial charge in [0.2, 0.25) is 0 Å². The molecule has 3 aromatic rings. The number of hydrogen-bond acceptors (Lipinski definition) is 7. The summed E-state index contributed by atoms with van der Waals surface area (Å²) in [6, 6.07) is 13.7. The van der Waals surface area contributed by atoms with Crippen LogP contribution in [0.15, 0.2) is 36.4 Å². The average molecular weight is 477 g/mol. The molecular weight excluding hydrogens is 448 g/mol. The third kappa shape index (κ3) is 5.20. The molecule has 1 aliphatic rings. The van der Waals surface area contributed by atoms with Crippen molar-refractivity contribution in [3.8, 4) is 33.0 Å². The molecule has 8 heteroatoms. The number of nitrogens with zero attached hydrogens (tertiary/aromatic N) is 3. The third-order valence-corrected chi connectivity index (χ3v) is 6.33. The summed E-state index contributed by atoms with van der Waals surface area (Å²) in [4.78, 5) is 12.3. The van der Waals surface area contributed by atoms with Gasteiger partial charge >= 0.3 is 6.09 Å². The van der Waals surface area contributed by atoms with Gasteiger partial charge in [-0.3, -0.25) is 0 Å². The van der Waals surface area contributed by atoms with E-state index in [9.17, 15) is 10.1 Å². The van der Waals surface area contributed by atoms with Gasteiger partial charge in [0.25, 0.3) is 0 Å². The van der Waals surface area contributed by atoms with Crippen LogP contribution >= 0.6 is 11.3 Å². The first-order valence-corrected chi connectivity index (χ1v) is 12.1. The molecule has 2 aromatic carbocycles.